The van der Waals surface area contributed by atoms with Crippen molar-refractivity contribution in [2.45, 2.75) is 46.5 Å². The van der Waals surface area contributed by atoms with E-state index in [1.807, 2.05) is 19.9 Å². The Morgan fingerprint density at radius 3 is 2.52 bits per heavy atom. The van der Waals surface area contributed by atoms with Gasteiger partial charge in [0.15, 0.2) is 0 Å². The molecule has 2 fully saturated rings. The summed E-state index contributed by atoms with van der Waals surface area (Å²) in [7, 11) is 1.73. The van der Waals surface area contributed by atoms with Gasteiger partial charge in [0.05, 0.1) is 7.11 Å². The van der Waals surface area contributed by atoms with Gasteiger partial charge < -0.3 is 19.4 Å². The maximum Gasteiger partial charge on any atom is 0.225 e. The van der Waals surface area contributed by atoms with Gasteiger partial charge in [-0.15, -0.1) is 0 Å². The second-order valence-corrected chi connectivity index (χ2v) is 10.2. The Kier molecular flexibility index (Phi) is 8.79. The number of hydrogen-bond acceptors (Lipinski definition) is 4. The predicted molar refractivity (Wildman–Crippen MR) is 128 cm³/mol. The van der Waals surface area contributed by atoms with E-state index in [2.05, 4.69) is 46.7 Å². The van der Waals surface area contributed by atoms with Crippen LogP contribution in [0.4, 0.5) is 0 Å². The van der Waals surface area contributed by atoms with Gasteiger partial charge in [0, 0.05) is 51.1 Å². The van der Waals surface area contributed by atoms with Crippen LogP contribution < -0.4 is 4.74 Å². The van der Waals surface area contributed by atoms with E-state index in [4.69, 9.17) is 4.74 Å². The minimum atomic E-state index is 0.0435. The van der Waals surface area contributed by atoms with Crippen LogP contribution in [0.1, 0.15) is 52.0 Å². The van der Waals surface area contributed by atoms with E-state index >= 15 is 0 Å². The lowest BCUT2D eigenvalue weighted by atomic mass is 9.88. The fraction of sp³-hybridized carbons (Fsp3) is 0.731. The van der Waals surface area contributed by atoms with Gasteiger partial charge in [0.25, 0.3) is 0 Å². The number of ether oxygens (including phenoxy) is 1. The highest BCUT2D eigenvalue weighted by atomic mass is 16.5. The van der Waals surface area contributed by atoms with Crippen molar-refractivity contribution in [3.05, 3.63) is 29.8 Å². The highest BCUT2D eigenvalue weighted by Gasteiger charge is 2.36. The maximum atomic E-state index is 13.1. The van der Waals surface area contributed by atoms with Crippen molar-refractivity contribution in [2.24, 2.45) is 17.8 Å². The molecule has 0 saturated carbocycles. The lowest BCUT2D eigenvalue weighted by molar-refractivity contribution is -0.135. The molecule has 3 rings (SSSR count). The number of hydrogen-bond donors (Lipinski definition) is 0. The van der Waals surface area contributed by atoms with Crippen LogP contribution in [0.15, 0.2) is 24.3 Å². The van der Waals surface area contributed by atoms with Gasteiger partial charge in [0.2, 0.25) is 5.91 Å². The molecule has 2 aliphatic heterocycles. The largest absolute Gasteiger partial charge is 0.497 e. The fourth-order valence-corrected chi connectivity index (χ4v) is 5.27. The first kappa shape index (κ1) is 24.1. The summed E-state index contributed by atoms with van der Waals surface area (Å²) in [5.74, 6) is 2.79. The van der Waals surface area contributed by atoms with Crippen LogP contribution in [0.3, 0.4) is 0 Å². The van der Waals surface area contributed by atoms with E-state index in [1.54, 1.807) is 7.11 Å². The molecule has 0 aliphatic carbocycles. The maximum absolute atomic E-state index is 13.1. The summed E-state index contributed by atoms with van der Waals surface area (Å²) in [6.45, 7) is 16.9. The Morgan fingerprint density at radius 2 is 1.87 bits per heavy atom. The van der Waals surface area contributed by atoms with Crippen LogP contribution in [0.25, 0.3) is 0 Å². The first-order chi connectivity index (χ1) is 14.9. The highest BCUT2D eigenvalue weighted by Crippen LogP contribution is 2.35. The van der Waals surface area contributed by atoms with Crippen molar-refractivity contribution in [1.82, 2.24) is 14.7 Å². The summed E-state index contributed by atoms with van der Waals surface area (Å²) in [6, 6.07) is 8.54. The van der Waals surface area contributed by atoms with Gasteiger partial charge in [-0.1, -0.05) is 39.8 Å². The molecule has 0 aromatic heterocycles. The summed E-state index contributed by atoms with van der Waals surface area (Å²) in [4.78, 5) is 20.4. The molecule has 174 valence electrons. The van der Waals surface area contributed by atoms with E-state index in [1.165, 1.54) is 31.5 Å². The third kappa shape index (κ3) is 6.69. The van der Waals surface area contributed by atoms with Gasteiger partial charge in [0.1, 0.15) is 5.75 Å². The third-order valence-electron chi connectivity index (χ3n) is 6.81. The normalized spacial score (nSPS) is 22.5. The zero-order chi connectivity index (χ0) is 22.4. The summed E-state index contributed by atoms with van der Waals surface area (Å²) in [5.41, 5.74) is 1.34. The zero-order valence-corrected chi connectivity index (χ0v) is 20.3. The van der Waals surface area contributed by atoms with E-state index in [0.717, 1.165) is 45.0 Å². The number of rotatable bonds is 10. The smallest absolute Gasteiger partial charge is 0.225 e. The van der Waals surface area contributed by atoms with Crippen LogP contribution in [0.2, 0.25) is 0 Å². The topological polar surface area (TPSA) is 36.0 Å². The lowest BCUT2D eigenvalue weighted by Crippen LogP contribution is -2.43. The summed E-state index contributed by atoms with van der Waals surface area (Å²) >= 11 is 0. The Morgan fingerprint density at radius 1 is 1.13 bits per heavy atom. The number of likely N-dealkylation sites (tertiary alicyclic amines) is 2. The molecule has 0 N–H and O–H groups in total. The van der Waals surface area contributed by atoms with Crippen LogP contribution in [0, 0.1) is 17.8 Å². The van der Waals surface area contributed by atoms with Crippen LogP contribution in [0.5, 0.6) is 5.75 Å². The first-order valence-corrected chi connectivity index (χ1v) is 12.2. The number of methoxy groups -OCH3 is 1. The second-order valence-electron chi connectivity index (χ2n) is 10.2. The second kappa shape index (κ2) is 11.3. The molecule has 5 heteroatoms. The molecule has 2 unspecified atom stereocenters. The Balaban J connectivity index is 1.76. The van der Waals surface area contributed by atoms with Gasteiger partial charge >= 0.3 is 0 Å². The quantitative estimate of drug-likeness (QED) is 0.564. The molecular weight excluding hydrogens is 386 g/mol. The molecule has 0 radical (unpaired) electrons. The van der Waals surface area contributed by atoms with Crippen LogP contribution in [-0.4, -0.2) is 80.1 Å². The van der Waals surface area contributed by atoms with Crippen molar-refractivity contribution in [2.75, 3.05) is 59.5 Å². The number of nitrogens with zero attached hydrogens (tertiary/aromatic N) is 3. The molecule has 0 bridgehead atoms. The van der Waals surface area contributed by atoms with Crippen molar-refractivity contribution in [3.63, 3.8) is 0 Å². The number of amides is 1. The Bertz CT molecular complexity index is 700. The van der Waals surface area contributed by atoms with Crippen LogP contribution in [-0.2, 0) is 4.79 Å². The van der Waals surface area contributed by atoms with E-state index in [0.29, 0.717) is 23.7 Å². The molecule has 0 spiro atoms. The number of carbonyl (C=O) groups is 1. The number of benzene rings is 1. The van der Waals surface area contributed by atoms with Crippen molar-refractivity contribution in [1.29, 1.82) is 0 Å². The average molecular weight is 430 g/mol. The zero-order valence-electron chi connectivity index (χ0n) is 20.3. The monoisotopic (exact) mass is 429 g/mol. The summed E-state index contributed by atoms with van der Waals surface area (Å²) < 4.78 is 5.50. The van der Waals surface area contributed by atoms with E-state index in [9.17, 15) is 4.79 Å². The summed E-state index contributed by atoms with van der Waals surface area (Å²) in [5, 5.41) is 0. The van der Waals surface area contributed by atoms with Gasteiger partial charge in [-0.25, -0.2) is 0 Å². The molecule has 1 aromatic rings. The van der Waals surface area contributed by atoms with E-state index < -0.39 is 0 Å². The van der Waals surface area contributed by atoms with E-state index in [-0.39, 0.29) is 5.92 Å². The highest BCUT2D eigenvalue weighted by molar-refractivity contribution is 5.78. The molecule has 2 atom stereocenters. The predicted octanol–water partition coefficient (Wildman–Crippen LogP) is 3.95. The molecule has 2 aliphatic rings. The third-order valence-corrected chi connectivity index (χ3v) is 6.81. The Hall–Kier alpha value is -1.59. The standard InChI is InChI=1S/C26H43N3O2/c1-20(2)16-28-17-23(25(19-28)22-9-8-10-24(15-22)31-5)18-29(26(30)21(3)4)14-13-27-11-6-7-12-27/h8-10,15,20-21,23,25H,6-7,11-14,16-19H2,1-5H3. The number of carbonyl (C=O) groups excluding carboxylic acids is 1. The summed E-state index contributed by atoms with van der Waals surface area (Å²) in [6.07, 6.45) is 2.59. The fourth-order valence-electron chi connectivity index (χ4n) is 5.27. The Labute approximate surface area is 189 Å². The minimum absolute atomic E-state index is 0.0435. The van der Waals surface area contributed by atoms with Crippen molar-refractivity contribution >= 4 is 5.91 Å². The molecule has 5 nitrogen and oxygen atoms in total. The first-order valence-electron chi connectivity index (χ1n) is 12.2. The van der Waals surface area contributed by atoms with Crippen molar-refractivity contribution in [3.8, 4) is 5.75 Å². The molecule has 2 heterocycles. The minimum Gasteiger partial charge on any atom is -0.497 e. The van der Waals surface area contributed by atoms with Crippen LogP contribution >= 0.6 is 0 Å². The molecule has 1 amide bonds. The lowest BCUT2D eigenvalue weighted by Gasteiger charge is -2.31. The molecular formula is C26H43N3O2. The van der Waals surface area contributed by atoms with Gasteiger partial charge in [-0.05, 0) is 55.5 Å². The molecule has 1 aromatic carbocycles. The van der Waals surface area contributed by atoms with Crippen molar-refractivity contribution < 1.29 is 9.53 Å². The van der Waals surface area contributed by atoms with Gasteiger partial charge in [-0.3, -0.25) is 4.79 Å². The SMILES string of the molecule is COc1cccc(C2CN(CC(C)C)CC2CN(CCN2CCCC2)C(=O)C(C)C)c1. The molecule has 31 heavy (non-hydrogen) atoms. The average Bonchev–Trinajstić information content (AvgIpc) is 3.40. The van der Waals surface area contributed by atoms with Gasteiger partial charge in [-0.2, -0.15) is 0 Å². The molecule has 2 saturated heterocycles.